The molecule has 0 aliphatic heterocycles. The number of hydrogen-bond acceptors (Lipinski definition) is 0. The normalized spacial score (nSPS) is 5.62. The number of nitrogens with two attached hydrogens (primary N) is 4. The van der Waals surface area contributed by atoms with E-state index in [9.17, 15) is 0 Å². The maximum absolute atomic E-state index is 4.94. The summed E-state index contributed by atoms with van der Waals surface area (Å²) in [5.74, 6) is 0. The minimum Gasteiger partial charge on any atom is -0.693 e. The Bertz CT molecular complexity index is 16.0. The summed E-state index contributed by atoms with van der Waals surface area (Å²) in [6, 6.07) is 0. The van der Waals surface area contributed by atoms with Crippen molar-refractivity contribution in [2.75, 3.05) is 0 Å². The van der Waals surface area contributed by atoms with Crippen LogP contribution >= 0.6 is 29.1 Å². The van der Waals surface area contributed by atoms with Crippen molar-refractivity contribution in [2.24, 2.45) is 0 Å². The van der Waals surface area contributed by atoms with Gasteiger partial charge < -0.3 is 24.6 Å². The molecule has 0 saturated carbocycles. The molecule has 0 atom stereocenters. The van der Waals surface area contributed by atoms with Crippen molar-refractivity contribution >= 4 is 29.1 Å². The topological polar surface area (TPSA) is 134 Å². The van der Waals surface area contributed by atoms with E-state index in [0.29, 0.717) is 0 Å². The van der Waals surface area contributed by atoms with E-state index in [0.717, 1.165) is 0 Å². The molecule has 0 heterocycles. The van der Waals surface area contributed by atoms with Crippen LogP contribution in [0.4, 0.5) is 0 Å². The van der Waals surface area contributed by atoms with Gasteiger partial charge in [-0.1, -0.05) is 0 Å². The first-order valence-electron chi connectivity index (χ1n) is 0.378. The third kappa shape index (κ3) is 165. The van der Waals surface area contributed by atoms with Crippen LogP contribution in [0.15, 0.2) is 0 Å². The van der Waals surface area contributed by atoms with E-state index < -0.39 is 13.0 Å². The summed E-state index contributed by atoms with van der Waals surface area (Å²) in [5.41, 5.74) is 0. The van der Waals surface area contributed by atoms with Crippen LogP contribution in [0.3, 0.4) is 0 Å². The molecule has 0 unspecified atom stereocenters. The van der Waals surface area contributed by atoms with E-state index in [1.165, 1.54) is 0 Å². The van der Waals surface area contributed by atoms with E-state index in [1.807, 2.05) is 0 Å². The van der Waals surface area contributed by atoms with Crippen LogP contribution in [-0.4, -0.2) is 0 Å². The molecule has 8 N–H and O–H groups in total. The van der Waals surface area contributed by atoms with Gasteiger partial charge in [0.05, 0.1) is 0 Å². The van der Waals surface area contributed by atoms with Crippen molar-refractivity contribution < 1.29 is 13.0 Å². The monoisotopic (exact) mass is 272 g/mol. The van der Waals surface area contributed by atoms with Crippen molar-refractivity contribution in [1.82, 2.24) is 0 Å². The summed E-state index contributed by atoms with van der Waals surface area (Å²) in [7, 11) is 14.8. The molecule has 0 radical (unpaired) electrons. The van der Waals surface area contributed by atoms with Gasteiger partial charge in [-0.15, -0.1) is 0 Å². The van der Waals surface area contributed by atoms with Gasteiger partial charge >= 0.3 is 42.1 Å². The number of hydrogen-bond donors (Lipinski definition) is 0. The fourth-order valence-corrected chi connectivity index (χ4v) is 0. The van der Waals surface area contributed by atoms with Crippen molar-refractivity contribution in [3.8, 4) is 0 Å². The van der Waals surface area contributed by atoms with Crippen LogP contribution in [0.1, 0.15) is 0 Å². The summed E-state index contributed by atoms with van der Waals surface area (Å²) in [4.78, 5) is 0. The van der Waals surface area contributed by atoms with Gasteiger partial charge in [0.15, 0.2) is 0 Å². The van der Waals surface area contributed by atoms with E-state index in [2.05, 4.69) is 0 Å². The van der Waals surface area contributed by atoms with Crippen molar-refractivity contribution in [1.29, 1.82) is 0 Å². The maximum Gasteiger partial charge on any atom is -0.693 e. The average Bonchev–Trinajstić information content (AvgIpc) is 0.811. The maximum atomic E-state index is 4.94. The van der Waals surface area contributed by atoms with Crippen LogP contribution in [-0.2, 0) is 13.0 Å². The Hall–Kier alpha value is 1.33. The molecule has 0 aromatic rings. The Morgan fingerprint density at radius 1 is 0.625 bits per heavy atom. The predicted octanol–water partition coefficient (Wildman–Crippen LogP) is 4.93. The average molecular weight is 273 g/mol. The third-order valence-electron chi connectivity index (χ3n) is 0. The zero-order valence-electron chi connectivity index (χ0n) is 3.78. The van der Waals surface area contributed by atoms with Gasteiger partial charge in [-0.05, 0) is 0 Å². The standard InChI is InChI=1S/3ClH.4H2N.Rh/h3*1H;4*1H2;/q;;;4*-1;+3/p-3. The molecule has 8 heavy (non-hydrogen) atoms. The molecule has 0 spiro atoms. The fourth-order valence-electron chi connectivity index (χ4n) is 0. The Morgan fingerprint density at radius 3 is 0.625 bits per heavy atom. The largest absolute Gasteiger partial charge is 0.693 e. The summed E-state index contributed by atoms with van der Waals surface area (Å²) in [6.45, 7) is 0. The first-order chi connectivity index (χ1) is 1.73. The van der Waals surface area contributed by atoms with Crippen LogP contribution in [0.5, 0.6) is 0 Å². The molecule has 0 saturated heterocycles. The number of rotatable bonds is 0. The van der Waals surface area contributed by atoms with E-state index in [1.54, 1.807) is 0 Å². The van der Waals surface area contributed by atoms with Gasteiger partial charge in [-0.3, -0.25) is 0 Å². The van der Waals surface area contributed by atoms with Gasteiger partial charge in [0.1, 0.15) is 0 Å². The third-order valence-corrected chi connectivity index (χ3v) is 0. The van der Waals surface area contributed by atoms with Crippen LogP contribution in [0, 0.1) is 0 Å². The Labute approximate surface area is 66.6 Å². The molecule has 0 aliphatic carbocycles. The van der Waals surface area contributed by atoms with Crippen molar-refractivity contribution in [2.45, 2.75) is 0 Å². The second kappa shape index (κ2) is 23.9. The molecular weight excluding hydrogens is 265 g/mol. The molecule has 0 rings (SSSR count). The fraction of sp³-hybridized carbons (Fsp3) is 0. The molecule has 0 bridgehead atoms. The van der Waals surface area contributed by atoms with Crippen LogP contribution in [0.25, 0.3) is 24.6 Å². The Kier molecular flexibility index (Phi) is 103. The number of halogens is 3. The van der Waals surface area contributed by atoms with Crippen LogP contribution in [0.2, 0.25) is 0 Å². The first-order valence-corrected chi connectivity index (χ1v) is 6.71. The van der Waals surface area contributed by atoms with E-state index in [-0.39, 0.29) is 24.6 Å². The smallest absolute Gasteiger partial charge is 0.693 e. The summed E-state index contributed by atoms with van der Waals surface area (Å²) in [6.07, 6.45) is 0. The Balaban J connectivity index is -0.00000000750. The molecule has 4 nitrogen and oxygen atoms in total. The van der Waals surface area contributed by atoms with Gasteiger partial charge in [0, 0.05) is 0 Å². The van der Waals surface area contributed by atoms with Gasteiger partial charge in [0.25, 0.3) is 0 Å². The van der Waals surface area contributed by atoms with Gasteiger partial charge in [-0.2, -0.15) is 0 Å². The van der Waals surface area contributed by atoms with Crippen molar-refractivity contribution in [3.05, 3.63) is 24.6 Å². The molecule has 0 aromatic heterocycles. The van der Waals surface area contributed by atoms with Gasteiger partial charge in [-0.25, -0.2) is 0 Å². The minimum absolute atomic E-state index is 0. The van der Waals surface area contributed by atoms with Gasteiger partial charge in [0.2, 0.25) is 0 Å². The molecular formula is H8Cl3N4Rh-4. The zero-order valence-corrected chi connectivity index (χ0v) is 7.68. The van der Waals surface area contributed by atoms with E-state index >= 15 is 0 Å². The predicted molar refractivity (Wildman–Crippen MR) is 38.7 cm³/mol. The van der Waals surface area contributed by atoms with E-state index in [4.69, 9.17) is 29.1 Å². The molecule has 62 valence electrons. The molecule has 0 fully saturated rings. The summed E-state index contributed by atoms with van der Waals surface area (Å²) < 4.78 is 0. The second-order valence-corrected chi connectivity index (χ2v) is 7.61. The SMILES string of the molecule is [Cl][Rh]([Cl])[Cl].[NH2-].[NH2-].[NH2-].[NH2-]. The summed E-state index contributed by atoms with van der Waals surface area (Å²) in [5, 5.41) is 0. The summed E-state index contributed by atoms with van der Waals surface area (Å²) >= 11 is -1.66. The second-order valence-electron chi connectivity index (χ2n) is 0.143. The first kappa shape index (κ1) is 34.5. The molecule has 0 aliphatic rings. The van der Waals surface area contributed by atoms with Crippen LogP contribution < -0.4 is 0 Å². The molecule has 8 heteroatoms. The molecule has 0 aromatic carbocycles. The quantitative estimate of drug-likeness (QED) is 0.553. The molecule has 0 amide bonds. The zero-order chi connectivity index (χ0) is 3.58. The van der Waals surface area contributed by atoms with Crippen molar-refractivity contribution in [3.63, 3.8) is 0 Å². The minimum atomic E-state index is -1.66. The Morgan fingerprint density at radius 2 is 0.625 bits per heavy atom.